The number of anilines is 1. The Hall–Kier alpha value is -3.09. The summed E-state index contributed by atoms with van der Waals surface area (Å²) >= 11 is 0. The van der Waals surface area contributed by atoms with E-state index in [9.17, 15) is 14.4 Å². The predicted octanol–water partition coefficient (Wildman–Crippen LogP) is 1.97. The van der Waals surface area contributed by atoms with Crippen LogP contribution in [0.3, 0.4) is 0 Å². The zero-order chi connectivity index (χ0) is 17.5. The van der Waals surface area contributed by atoms with E-state index in [4.69, 9.17) is 9.84 Å². The molecule has 2 rings (SSSR count). The van der Waals surface area contributed by atoms with Crippen LogP contribution in [0.15, 0.2) is 47.4 Å². The van der Waals surface area contributed by atoms with E-state index >= 15 is 0 Å². The largest absolute Gasteiger partial charge is 0.488 e. The van der Waals surface area contributed by atoms with Crippen LogP contribution < -0.4 is 15.6 Å². The number of nitrogens with one attached hydrogen (secondary N) is 1. The smallest absolute Gasteiger partial charge is 0.335 e. The maximum atomic E-state index is 12.2. The summed E-state index contributed by atoms with van der Waals surface area (Å²) in [5, 5.41) is 11.4. The molecule has 0 spiro atoms. The summed E-state index contributed by atoms with van der Waals surface area (Å²) < 4.78 is 6.60. The highest BCUT2D eigenvalue weighted by Gasteiger charge is 2.09. The second-order valence-electron chi connectivity index (χ2n) is 5.08. The Labute approximate surface area is 138 Å². The number of rotatable bonds is 7. The van der Waals surface area contributed by atoms with E-state index in [0.717, 1.165) is 6.42 Å². The van der Waals surface area contributed by atoms with Crippen molar-refractivity contribution in [3.63, 3.8) is 0 Å². The molecule has 0 saturated carbocycles. The van der Waals surface area contributed by atoms with Gasteiger partial charge in [-0.2, -0.15) is 0 Å². The van der Waals surface area contributed by atoms with Gasteiger partial charge in [0.15, 0.2) is 5.75 Å². The first-order chi connectivity index (χ1) is 11.5. The SMILES string of the molecule is CCCOc1cccn(CC(=O)Nc2ccc(C(=O)O)cc2)c1=O. The molecule has 7 heteroatoms. The Morgan fingerprint density at radius 1 is 1.21 bits per heavy atom. The van der Waals surface area contributed by atoms with Crippen LogP contribution in [0, 0.1) is 0 Å². The van der Waals surface area contributed by atoms with Gasteiger partial charge >= 0.3 is 5.97 Å². The third-order valence-corrected chi connectivity index (χ3v) is 3.18. The number of amides is 1. The number of nitrogens with zero attached hydrogens (tertiary/aromatic N) is 1. The van der Waals surface area contributed by atoms with Gasteiger partial charge in [-0.3, -0.25) is 9.59 Å². The number of hydrogen-bond donors (Lipinski definition) is 2. The van der Waals surface area contributed by atoms with Crippen molar-refractivity contribution in [2.45, 2.75) is 19.9 Å². The quantitative estimate of drug-likeness (QED) is 0.809. The van der Waals surface area contributed by atoms with Gasteiger partial charge < -0.3 is 19.7 Å². The lowest BCUT2D eigenvalue weighted by molar-refractivity contribution is -0.116. The monoisotopic (exact) mass is 330 g/mol. The average Bonchev–Trinajstić information content (AvgIpc) is 2.56. The molecule has 0 atom stereocenters. The maximum Gasteiger partial charge on any atom is 0.335 e. The molecule has 0 aliphatic heterocycles. The molecule has 0 aliphatic rings. The fourth-order valence-electron chi connectivity index (χ4n) is 2.01. The summed E-state index contributed by atoms with van der Waals surface area (Å²) in [7, 11) is 0. The number of pyridine rings is 1. The van der Waals surface area contributed by atoms with Crippen molar-refractivity contribution in [1.82, 2.24) is 4.57 Å². The number of benzene rings is 1. The Morgan fingerprint density at radius 2 is 1.92 bits per heavy atom. The van der Waals surface area contributed by atoms with Gasteiger partial charge in [0.25, 0.3) is 5.56 Å². The van der Waals surface area contributed by atoms with E-state index in [1.54, 1.807) is 12.1 Å². The first-order valence-corrected chi connectivity index (χ1v) is 7.46. The van der Waals surface area contributed by atoms with Crippen LogP contribution in [-0.2, 0) is 11.3 Å². The number of aromatic nitrogens is 1. The minimum Gasteiger partial charge on any atom is -0.488 e. The van der Waals surface area contributed by atoms with Crippen LogP contribution in [0.2, 0.25) is 0 Å². The zero-order valence-electron chi connectivity index (χ0n) is 13.2. The van der Waals surface area contributed by atoms with E-state index in [2.05, 4.69) is 5.32 Å². The molecule has 0 saturated heterocycles. The van der Waals surface area contributed by atoms with Crippen molar-refractivity contribution in [1.29, 1.82) is 0 Å². The number of hydrogen-bond acceptors (Lipinski definition) is 4. The van der Waals surface area contributed by atoms with E-state index in [1.807, 2.05) is 6.92 Å². The van der Waals surface area contributed by atoms with Gasteiger partial charge in [-0.05, 0) is 42.8 Å². The molecule has 2 N–H and O–H groups in total. The highest BCUT2D eigenvalue weighted by atomic mass is 16.5. The summed E-state index contributed by atoms with van der Waals surface area (Å²) in [5.74, 6) is -1.23. The summed E-state index contributed by atoms with van der Waals surface area (Å²) in [6.45, 7) is 2.20. The summed E-state index contributed by atoms with van der Waals surface area (Å²) in [4.78, 5) is 35.0. The molecule has 1 aromatic heterocycles. The molecular weight excluding hydrogens is 312 g/mol. The normalized spacial score (nSPS) is 10.2. The topological polar surface area (TPSA) is 97.6 Å². The number of carboxylic acid groups (broad SMARTS) is 1. The Morgan fingerprint density at radius 3 is 2.54 bits per heavy atom. The fourth-order valence-corrected chi connectivity index (χ4v) is 2.01. The summed E-state index contributed by atoms with van der Waals surface area (Å²) in [6, 6.07) is 8.97. The van der Waals surface area contributed by atoms with Gasteiger partial charge in [0, 0.05) is 11.9 Å². The van der Waals surface area contributed by atoms with Crippen LogP contribution in [0.4, 0.5) is 5.69 Å². The molecule has 1 aromatic carbocycles. The number of carbonyl (C=O) groups is 2. The van der Waals surface area contributed by atoms with Crippen LogP contribution in [-0.4, -0.2) is 28.2 Å². The summed E-state index contributed by atoms with van der Waals surface area (Å²) in [6.07, 6.45) is 2.29. The molecule has 0 bridgehead atoms. The fraction of sp³-hybridized carbons (Fsp3) is 0.235. The standard InChI is InChI=1S/C17H18N2O5/c1-2-10-24-14-4-3-9-19(16(14)21)11-15(20)18-13-7-5-12(6-8-13)17(22)23/h3-9H,2,10-11H2,1H3,(H,18,20)(H,22,23). The highest BCUT2D eigenvalue weighted by Crippen LogP contribution is 2.10. The van der Waals surface area contributed by atoms with Gasteiger partial charge in [0.05, 0.1) is 12.2 Å². The number of carboxylic acids is 1. The zero-order valence-corrected chi connectivity index (χ0v) is 13.2. The Kier molecular flexibility index (Phi) is 5.73. The average molecular weight is 330 g/mol. The Bertz CT molecular complexity index is 780. The molecule has 0 radical (unpaired) electrons. The van der Waals surface area contributed by atoms with Crippen LogP contribution in [0.25, 0.3) is 0 Å². The molecule has 1 heterocycles. The van der Waals surface area contributed by atoms with Gasteiger partial charge in [-0.1, -0.05) is 6.92 Å². The molecule has 0 unspecified atom stereocenters. The van der Waals surface area contributed by atoms with Gasteiger partial charge in [0.1, 0.15) is 6.54 Å². The van der Waals surface area contributed by atoms with Crippen molar-refractivity contribution in [2.75, 3.05) is 11.9 Å². The van der Waals surface area contributed by atoms with Crippen LogP contribution in [0.1, 0.15) is 23.7 Å². The molecule has 24 heavy (non-hydrogen) atoms. The highest BCUT2D eigenvalue weighted by molar-refractivity contribution is 5.92. The van der Waals surface area contributed by atoms with E-state index in [0.29, 0.717) is 12.3 Å². The number of ether oxygens (including phenoxy) is 1. The molecule has 0 fully saturated rings. The first-order valence-electron chi connectivity index (χ1n) is 7.46. The third-order valence-electron chi connectivity index (χ3n) is 3.18. The van der Waals surface area contributed by atoms with E-state index < -0.39 is 11.9 Å². The van der Waals surface area contributed by atoms with Crippen LogP contribution in [0.5, 0.6) is 5.75 Å². The second-order valence-corrected chi connectivity index (χ2v) is 5.08. The van der Waals surface area contributed by atoms with Gasteiger partial charge in [-0.25, -0.2) is 4.79 Å². The number of aromatic carboxylic acids is 1. The minimum atomic E-state index is -1.04. The van der Waals surface area contributed by atoms with Crippen molar-refractivity contribution in [3.05, 3.63) is 58.5 Å². The Balaban J connectivity index is 2.04. The third kappa shape index (κ3) is 4.45. The molecule has 0 aliphatic carbocycles. The lowest BCUT2D eigenvalue weighted by atomic mass is 10.2. The molecule has 126 valence electrons. The number of carbonyl (C=O) groups excluding carboxylic acids is 1. The maximum absolute atomic E-state index is 12.2. The van der Waals surface area contributed by atoms with E-state index in [-0.39, 0.29) is 23.4 Å². The summed E-state index contributed by atoms with van der Waals surface area (Å²) in [5.41, 5.74) is 0.212. The van der Waals surface area contributed by atoms with Gasteiger partial charge in [0.2, 0.25) is 5.91 Å². The van der Waals surface area contributed by atoms with Crippen LogP contribution >= 0.6 is 0 Å². The van der Waals surface area contributed by atoms with E-state index in [1.165, 1.54) is 35.0 Å². The molecule has 2 aromatic rings. The van der Waals surface area contributed by atoms with Crippen molar-refractivity contribution in [3.8, 4) is 5.75 Å². The lowest BCUT2D eigenvalue weighted by Crippen LogP contribution is -2.28. The first kappa shape index (κ1) is 17.3. The van der Waals surface area contributed by atoms with Crippen molar-refractivity contribution < 1.29 is 19.4 Å². The molecular formula is C17H18N2O5. The molecule has 7 nitrogen and oxygen atoms in total. The molecule has 1 amide bonds. The van der Waals surface area contributed by atoms with Crippen molar-refractivity contribution in [2.24, 2.45) is 0 Å². The lowest BCUT2D eigenvalue weighted by Gasteiger charge is -2.10. The minimum absolute atomic E-state index is 0.130. The second kappa shape index (κ2) is 7.96. The van der Waals surface area contributed by atoms with Gasteiger partial charge in [-0.15, -0.1) is 0 Å². The predicted molar refractivity (Wildman–Crippen MR) is 88.5 cm³/mol. The van der Waals surface area contributed by atoms with Crippen molar-refractivity contribution >= 4 is 17.6 Å².